The SMILES string of the molecule is O=C(CCCC(=O)OCCC([N+](=O)[O-])[N+](=O)[O-])OCCC([N+](=O)[O-])[N+](=O)[O-]. The molecule has 0 bridgehead atoms. The van der Waals surface area contributed by atoms with Crippen molar-refractivity contribution in [2.45, 2.75) is 44.4 Å². The van der Waals surface area contributed by atoms with Crippen LogP contribution in [0.4, 0.5) is 0 Å². The molecule has 0 radical (unpaired) electrons. The van der Waals surface area contributed by atoms with Crippen molar-refractivity contribution in [3.8, 4) is 0 Å². The fraction of sp³-hybridized carbons (Fsp3) is 0.818. The van der Waals surface area contributed by atoms with E-state index in [1.54, 1.807) is 0 Å². The lowest BCUT2D eigenvalue weighted by Crippen LogP contribution is -2.30. The first-order valence-electron chi connectivity index (χ1n) is 7.41. The first-order valence-corrected chi connectivity index (χ1v) is 7.41. The molecule has 0 fully saturated rings. The van der Waals surface area contributed by atoms with Crippen molar-refractivity contribution in [2.75, 3.05) is 13.2 Å². The molecule has 0 saturated heterocycles. The van der Waals surface area contributed by atoms with Crippen molar-refractivity contribution >= 4 is 11.9 Å². The highest BCUT2D eigenvalue weighted by Crippen LogP contribution is 2.04. The van der Waals surface area contributed by atoms with Crippen LogP contribution in [-0.2, 0) is 19.1 Å². The zero-order valence-electron chi connectivity index (χ0n) is 13.8. The Morgan fingerprint density at radius 2 is 0.963 bits per heavy atom. The molecule has 0 rings (SSSR count). The van der Waals surface area contributed by atoms with E-state index in [0.717, 1.165) is 0 Å². The highest BCUT2D eigenvalue weighted by molar-refractivity contribution is 5.72. The van der Waals surface area contributed by atoms with Crippen LogP contribution in [0.1, 0.15) is 32.1 Å². The minimum atomic E-state index is -2.09. The van der Waals surface area contributed by atoms with Gasteiger partial charge in [-0.3, -0.25) is 50.0 Å². The maximum atomic E-state index is 11.3. The van der Waals surface area contributed by atoms with E-state index in [0.29, 0.717) is 0 Å². The van der Waals surface area contributed by atoms with E-state index in [-0.39, 0.29) is 19.3 Å². The molecule has 0 saturated carbocycles. The number of carbonyl (C=O) groups excluding carboxylic acids is 2. The van der Waals surface area contributed by atoms with Crippen LogP contribution in [0.5, 0.6) is 0 Å². The van der Waals surface area contributed by atoms with E-state index >= 15 is 0 Å². The number of hydrogen-bond donors (Lipinski definition) is 0. The Morgan fingerprint density at radius 1 is 0.667 bits per heavy atom. The number of hydrogen-bond acceptors (Lipinski definition) is 12. The summed E-state index contributed by atoms with van der Waals surface area (Å²) in [4.78, 5) is 59.7. The van der Waals surface area contributed by atoms with E-state index < -0.39 is 70.0 Å². The van der Waals surface area contributed by atoms with E-state index in [9.17, 15) is 50.0 Å². The van der Waals surface area contributed by atoms with Crippen LogP contribution in [0.3, 0.4) is 0 Å². The van der Waals surface area contributed by atoms with Crippen LogP contribution >= 0.6 is 0 Å². The van der Waals surface area contributed by atoms with Gasteiger partial charge in [-0.05, 0) is 6.42 Å². The Hall–Kier alpha value is -3.46. The Kier molecular flexibility index (Phi) is 10.4. The summed E-state index contributed by atoms with van der Waals surface area (Å²) in [7, 11) is 0. The second-order valence-electron chi connectivity index (χ2n) is 4.97. The summed E-state index contributed by atoms with van der Waals surface area (Å²) >= 11 is 0. The Bertz CT molecular complexity index is 516. The molecule has 152 valence electrons. The third kappa shape index (κ3) is 10.2. The number of esters is 2. The van der Waals surface area contributed by atoms with Gasteiger partial charge in [-0.1, -0.05) is 0 Å². The van der Waals surface area contributed by atoms with E-state index in [4.69, 9.17) is 0 Å². The smallest absolute Gasteiger partial charge is 0.454 e. The van der Waals surface area contributed by atoms with Gasteiger partial charge in [0, 0.05) is 12.8 Å². The molecule has 0 aromatic rings. The standard InChI is InChI=1S/C11H16N4O12/c16-10(26-6-4-8(12(18)19)13(20)21)2-1-3-11(17)27-7-5-9(14(22)23)15(24)25/h8-9H,1-7H2. The molecule has 0 aromatic carbocycles. The molecule has 0 aliphatic carbocycles. The van der Waals surface area contributed by atoms with Gasteiger partial charge >= 0.3 is 24.3 Å². The van der Waals surface area contributed by atoms with Crippen LogP contribution in [-0.4, -0.2) is 57.2 Å². The molecule has 0 heterocycles. The van der Waals surface area contributed by atoms with Gasteiger partial charge in [0.15, 0.2) is 0 Å². The summed E-state index contributed by atoms with van der Waals surface area (Å²) < 4.78 is 9.14. The number of carbonyl (C=O) groups is 2. The zero-order chi connectivity index (χ0) is 21.0. The topological polar surface area (TPSA) is 225 Å². The lowest BCUT2D eigenvalue weighted by atomic mass is 10.2. The molecule has 0 aliphatic heterocycles. The van der Waals surface area contributed by atoms with Crippen LogP contribution in [0, 0.1) is 40.5 Å². The van der Waals surface area contributed by atoms with Crippen molar-refractivity contribution in [2.24, 2.45) is 0 Å². The van der Waals surface area contributed by atoms with Crippen molar-refractivity contribution in [3.63, 3.8) is 0 Å². The summed E-state index contributed by atoms with van der Waals surface area (Å²) in [5.41, 5.74) is 0. The normalized spacial score (nSPS) is 10.4. The van der Waals surface area contributed by atoms with Crippen molar-refractivity contribution in [1.82, 2.24) is 0 Å². The van der Waals surface area contributed by atoms with Gasteiger partial charge in [0.2, 0.25) is 0 Å². The van der Waals surface area contributed by atoms with E-state index in [1.807, 2.05) is 0 Å². The average Bonchev–Trinajstić information content (AvgIpc) is 2.54. The predicted molar refractivity (Wildman–Crippen MR) is 80.6 cm³/mol. The molecule has 0 amide bonds. The lowest BCUT2D eigenvalue weighted by molar-refractivity contribution is -0.743. The summed E-state index contributed by atoms with van der Waals surface area (Å²) in [6, 6.07) is 0. The van der Waals surface area contributed by atoms with Gasteiger partial charge in [-0.25, -0.2) is 0 Å². The van der Waals surface area contributed by atoms with Crippen molar-refractivity contribution in [3.05, 3.63) is 40.5 Å². The van der Waals surface area contributed by atoms with Crippen LogP contribution in [0.2, 0.25) is 0 Å². The Balaban J connectivity index is 3.95. The lowest BCUT2D eigenvalue weighted by Gasteiger charge is -2.06. The average molecular weight is 396 g/mol. The Morgan fingerprint density at radius 3 is 1.22 bits per heavy atom. The first-order chi connectivity index (χ1) is 12.6. The van der Waals surface area contributed by atoms with Gasteiger partial charge in [0.05, 0.1) is 19.7 Å². The van der Waals surface area contributed by atoms with Gasteiger partial charge in [-0.2, -0.15) is 0 Å². The second kappa shape index (κ2) is 12.0. The maximum absolute atomic E-state index is 11.3. The zero-order valence-corrected chi connectivity index (χ0v) is 13.8. The van der Waals surface area contributed by atoms with Crippen LogP contribution < -0.4 is 0 Å². The number of nitro groups is 4. The van der Waals surface area contributed by atoms with Crippen molar-refractivity contribution in [1.29, 1.82) is 0 Å². The highest BCUT2D eigenvalue weighted by Gasteiger charge is 2.32. The molecular formula is C11H16N4O12. The molecule has 16 nitrogen and oxygen atoms in total. The molecule has 16 heteroatoms. The molecule has 27 heavy (non-hydrogen) atoms. The maximum Gasteiger partial charge on any atom is 0.454 e. The highest BCUT2D eigenvalue weighted by atomic mass is 16.7. The van der Waals surface area contributed by atoms with Gasteiger partial charge in [0.1, 0.15) is 26.1 Å². The predicted octanol–water partition coefficient (Wildman–Crippen LogP) is -0.218. The number of nitrogens with zero attached hydrogens (tertiary/aromatic N) is 4. The summed E-state index contributed by atoms with van der Waals surface area (Å²) in [5, 5.41) is 41.5. The fourth-order valence-electron chi connectivity index (χ4n) is 1.65. The largest absolute Gasteiger partial charge is 0.465 e. The molecule has 0 spiro atoms. The summed E-state index contributed by atoms with van der Waals surface area (Å²) in [5.74, 6) is -1.68. The van der Waals surface area contributed by atoms with Gasteiger partial charge < -0.3 is 9.47 Å². The summed E-state index contributed by atoms with van der Waals surface area (Å²) in [6.45, 7) is -1.09. The minimum absolute atomic E-state index is 0.0422. The quantitative estimate of drug-likeness (QED) is 0.161. The molecule has 0 unspecified atom stereocenters. The third-order valence-electron chi connectivity index (χ3n) is 3.01. The monoisotopic (exact) mass is 396 g/mol. The molecular weight excluding hydrogens is 380 g/mol. The van der Waals surface area contributed by atoms with Crippen LogP contribution in [0.25, 0.3) is 0 Å². The molecule has 0 aromatic heterocycles. The minimum Gasteiger partial charge on any atom is -0.465 e. The van der Waals surface area contributed by atoms with E-state index in [2.05, 4.69) is 9.47 Å². The molecule has 0 atom stereocenters. The number of ether oxygens (including phenoxy) is 2. The fourth-order valence-corrected chi connectivity index (χ4v) is 1.65. The summed E-state index contributed by atoms with van der Waals surface area (Å²) in [6.07, 6.45) is -5.99. The van der Waals surface area contributed by atoms with Gasteiger partial charge in [0.25, 0.3) is 0 Å². The van der Waals surface area contributed by atoms with E-state index in [1.165, 1.54) is 0 Å². The van der Waals surface area contributed by atoms with Crippen molar-refractivity contribution < 1.29 is 38.8 Å². The second-order valence-corrected chi connectivity index (χ2v) is 4.97. The molecule has 0 N–H and O–H groups in total. The molecule has 0 aliphatic rings. The Labute approximate surface area is 150 Å². The van der Waals surface area contributed by atoms with Gasteiger partial charge in [-0.15, -0.1) is 0 Å². The first kappa shape index (κ1) is 23.5. The van der Waals surface area contributed by atoms with Crippen LogP contribution in [0.15, 0.2) is 0 Å². The third-order valence-corrected chi connectivity index (χ3v) is 3.01. The number of rotatable bonds is 14.